The van der Waals surface area contributed by atoms with Crippen LogP contribution in [0.4, 0.5) is 4.39 Å². The van der Waals surface area contributed by atoms with Crippen LogP contribution in [0.25, 0.3) is 11.0 Å². The van der Waals surface area contributed by atoms with Gasteiger partial charge in [0.2, 0.25) is 0 Å². The fourth-order valence-corrected chi connectivity index (χ4v) is 1.83. The molecule has 0 aliphatic rings. The van der Waals surface area contributed by atoms with Crippen molar-refractivity contribution in [2.45, 2.75) is 6.54 Å². The lowest BCUT2D eigenvalue weighted by molar-refractivity contribution is 0.0601. The maximum atomic E-state index is 13.3. The fraction of sp³-hybridized carbons (Fsp3) is 0.182. The maximum Gasteiger partial charge on any atom is 0.341 e. The van der Waals surface area contributed by atoms with Gasteiger partial charge < -0.3 is 14.9 Å². The second kappa shape index (κ2) is 4.35. The van der Waals surface area contributed by atoms with E-state index >= 15 is 0 Å². The van der Waals surface area contributed by atoms with Gasteiger partial charge in [0, 0.05) is 5.39 Å². The summed E-state index contributed by atoms with van der Waals surface area (Å²) in [4.78, 5) is 11.5. The molecule has 2 aromatic rings. The fourth-order valence-electron chi connectivity index (χ4n) is 1.58. The van der Waals surface area contributed by atoms with Crippen LogP contribution < -0.4 is 5.73 Å². The summed E-state index contributed by atoms with van der Waals surface area (Å²) in [5.74, 6) is -0.981. The van der Waals surface area contributed by atoms with E-state index in [1.165, 1.54) is 13.2 Å². The first kappa shape index (κ1) is 11.9. The normalized spacial score (nSPS) is 10.8. The molecule has 0 radical (unpaired) electrons. The predicted molar refractivity (Wildman–Crippen MR) is 60.4 cm³/mol. The van der Waals surface area contributed by atoms with Gasteiger partial charge in [-0.25, -0.2) is 9.18 Å². The van der Waals surface area contributed by atoms with Crippen molar-refractivity contribution >= 4 is 28.5 Å². The molecule has 6 heteroatoms. The standard InChI is InChI=1S/C11H9ClFNO3/c1-16-11(15)7-3-5(13)2-6-9(12)8(4-14)17-10(6)7/h2-3H,4,14H2,1H3. The van der Waals surface area contributed by atoms with Gasteiger partial charge in [-0.1, -0.05) is 11.6 Å². The number of esters is 1. The number of carbonyl (C=O) groups excluding carboxylic acids is 1. The molecule has 2 N–H and O–H groups in total. The van der Waals surface area contributed by atoms with E-state index in [1.807, 2.05) is 0 Å². The lowest BCUT2D eigenvalue weighted by Crippen LogP contribution is -2.02. The van der Waals surface area contributed by atoms with Crippen molar-refractivity contribution in [2.24, 2.45) is 5.73 Å². The molecule has 0 unspecified atom stereocenters. The number of nitrogens with two attached hydrogens (primary N) is 1. The van der Waals surface area contributed by atoms with Crippen molar-refractivity contribution < 1.29 is 18.3 Å². The maximum absolute atomic E-state index is 13.3. The summed E-state index contributed by atoms with van der Waals surface area (Å²) in [6.07, 6.45) is 0. The molecule has 0 saturated carbocycles. The Kier molecular flexibility index (Phi) is 3.04. The smallest absolute Gasteiger partial charge is 0.341 e. The second-order valence-corrected chi connectivity index (χ2v) is 3.74. The lowest BCUT2D eigenvalue weighted by Gasteiger charge is -2.00. The molecule has 17 heavy (non-hydrogen) atoms. The number of ether oxygens (including phenoxy) is 1. The van der Waals surface area contributed by atoms with Crippen molar-refractivity contribution in [2.75, 3.05) is 7.11 Å². The minimum atomic E-state index is -0.691. The number of furan rings is 1. The van der Waals surface area contributed by atoms with E-state index in [-0.39, 0.29) is 22.7 Å². The molecule has 0 fully saturated rings. The highest BCUT2D eigenvalue weighted by Crippen LogP contribution is 2.33. The van der Waals surface area contributed by atoms with E-state index in [0.29, 0.717) is 11.1 Å². The minimum absolute atomic E-state index is 0.0101. The molecule has 0 bridgehead atoms. The third-order valence-corrected chi connectivity index (χ3v) is 2.77. The lowest BCUT2D eigenvalue weighted by atomic mass is 10.1. The monoisotopic (exact) mass is 257 g/mol. The average Bonchev–Trinajstić information content (AvgIpc) is 2.64. The number of hydrogen-bond donors (Lipinski definition) is 1. The summed E-state index contributed by atoms with van der Waals surface area (Å²) in [6, 6.07) is 2.22. The van der Waals surface area contributed by atoms with Crippen LogP contribution in [0.2, 0.25) is 5.02 Å². The molecule has 0 saturated heterocycles. The summed E-state index contributed by atoms with van der Waals surface area (Å²) in [7, 11) is 1.20. The number of methoxy groups -OCH3 is 1. The molecule has 1 heterocycles. The van der Waals surface area contributed by atoms with E-state index in [0.717, 1.165) is 6.07 Å². The highest BCUT2D eigenvalue weighted by molar-refractivity contribution is 6.36. The number of halogens is 2. The molecule has 90 valence electrons. The van der Waals surface area contributed by atoms with Crippen molar-refractivity contribution in [1.29, 1.82) is 0 Å². The van der Waals surface area contributed by atoms with E-state index in [9.17, 15) is 9.18 Å². The Balaban J connectivity index is 2.80. The summed E-state index contributed by atoms with van der Waals surface area (Å²) in [5, 5.41) is 0.527. The Hall–Kier alpha value is -1.59. The summed E-state index contributed by atoms with van der Waals surface area (Å²) in [5.41, 5.74) is 5.60. The number of hydrogen-bond acceptors (Lipinski definition) is 4. The van der Waals surface area contributed by atoms with Gasteiger partial charge in [-0.2, -0.15) is 0 Å². The number of benzene rings is 1. The SMILES string of the molecule is COC(=O)c1cc(F)cc2c(Cl)c(CN)oc12. The Morgan fingerprint density at radius 3 is 2.88 bits per heavy atom. The molecule has 1 aromatic heterocycles. The van der Waals surface area contributed by atoms with E-state index in [4.69, 9.17) is 21.8 Å². The number of rotatable bonds is 2. The quantitative estimate of drug-likeness (QED) is 0.840. The Morgan fingerprint density at radius 2 is 2.29 bits per heavy atom. The van der Waals surface area contributed by atoms with Crippen LogP contribution in [0, 0.1) is 5.82 Å². The first-order valence-corrected chi connectivity index (χ1v) is 5.15. The van der Waals surface area contributed by atoms with Gasteiger partial charge in [0.1, 0.15) is 17.1 Å². The first-order chi connectivity index (χ1) is 8.08. The summed E-state index contributed by atoms with van der Waals surface area (Å²) >= 11 is 5.96. The highest BCUT2D eigenvalue weighted by Gasteiger charge is 2.20. The van der Waals surface area contributed by atoms with E-state index in [1.54, 1.807) is 0 Å². The summed E-state index contributed by atoms with van der Waals surface area (Å²) in [6.45, 7) is 0.0652. The van der Waals surface area contributed by atoms with Crippen LogP contribution in [-0.4, -0.2) is 13.1 Å². The topological polar surface area (TPSA) is 65.5 Å². The molecule has 0 spiro atoms. The van der Waals surface area contributed by atoms with Crippen LogP contribution in [0.5, 0.6) is 0 Å². The van der Waals surface area contributed by atoms with Crippen LogP contribution >= 0.6 is 11.6 Å². The molecule has 0 aliphatic carbocycles. The molecule has 0 aliphatic heterocycles. The number of carbonyl (C=O) groups is 1. The zero-order chi connectivity index (χ0) is 12.6. The molecule has 4 nitrogen and oxygen atoms in total. The van der Waals surface area contributed by atoms with Gasteiger partial charge in [-0.05, 0) is 12.1 Å². The van der Waals surface area contributed by atoms with E-state index < -0.39 is 11.8 Å². The molecule has 0 amide bonds. The second-order valence-electron chi connectivity index (χ2n) is 3.36. The Labute approximate surface area is 101 Å². The number of fused-ring (bicyclic) bond motifs is 1. The predicted octanol–water partition coefficient (Wildman–Crippen LogP) is 2.47. The van der Waals surface area contributed by atoms with Crippen molar-refractivity contribution in [3.8, 4) is 0 Å². The van der Waals surface area contributed by atoms with Crippen molar-refractivity contribution in [1.82, 2.24) is 0 Å². The zero-order valence-corrected chi connectivity index (χ0v) is 9.68. The van der Waals surface area contributed by atoms with Crippen molar-refractivity contribution in [3.63, 3.8) is 0 Å². The molecule has 0 atom stereocenters. The third kappa shape index (κ3) is 1.87. The third-order valence-electron chi connectivity index (χ3n) is 2.35. The summed E-state index contributed by atoms with van der Waals surface area (Å²) < 4.78 is 23.2. The Bertz CT molecular complexity index is 594. The molecule has 1 aromatic carbocycles. The van der Waals surface area contributed by atoms with Gasteiger partial charge >= 0.3 is 5.97 Å². The van der Waals surface area contributed by atoms with Crippen LogP contribution in [0.15, 0.2) is 16.5 Å². The van der Waals surface area contributed by atoms with Crippen molar-refractivity contribution in [3.05, 3.63) is 34.3 Å². The van der Waals surface area contributed by atoms with E-state index in [2.05, 4.69) is 4.74 Å². The minimum Gasteiger partial charge on any atom is -0.465 e. The van der Waals surface area contributed by atoms with Gasteiger partial charge in [-0.3, -0.25) is 0 Å². The van der Waals surface area contributed by atoms with Crippen LogP contribution in [0.1, 0.15) is 16.1 Å². The molecule has 2 rings (SSSR count). The van der Waals surface area contributed by atoms with Gasteiger partial charge in [-0.15, -0.1) is 0 Å². The Morgan fingerprint density at radius 1 is 1.59 bits per heavy atom. The molecular weight excluding hydrogens is 249 g/mol. The first-order valence-electron chi connectivity index (χ1n) is 4.77. The van der Waals surface area contributed by atoms with Crippen LogP contribution in [0.3, 0.4) is 0 Å². The van der Waals surface area contributed by atoms with Gasteiger partial charge in [0.15, 0.2) is 5.58 Å². The van der Waals surface area contributed by atoms with Gasteiger partial charge in [0.05, 0.1) is 18.7 Å². The van der Waals surface area contributed by atoms with Gasteiger partial charge in [0.25, 0.3) is 0 Å². The largest absolute Gasteiger partial charge is 0.465 e. The zero-order valence-electron chi connectivity index (χ0n) is 8.92. The highest BCUT2D eigenvalue weighted by atomic mass is 35.5. The average molecular weight is 258 g/mol. The van der Waals surface area contributed by atoms with Crippen LogP contribution in [-0.2, 0) is 11.3 Å². The molecular formula is C11H9ClFNO3.